The fraction of sp³-hybridized carbons (Fsp3) is 0.286. The molecule has 11 heteroatoms. The molecule has 1 saturated heterocycles. The van der Waals surface area contributed by atoms with Crippen LogP contribution in [0.15, 0.2) is 82.4 Å². The smallest absolute Gasteiger partial charge is 0.416 e. The fourth-order valence-electron chi connectivity index (χ4n) is 4.71. The number of hydrogen-bond acceptors (Lipinski definition) is 6. The number of Topliss-reactive ketones (excluding diaryl/α,β-unsaturated/α-hetero) is 1. The zero-order valence-corrected chi connectivity index (χ0v) is 21.6. The minimum absolute atomic E-state index is 0.152. The van der Waals surface area contributed by atoms with Crippen LogP contribution < -0.4 is 5.32 Å². The number of halogens is 3. The van der Waals surface area contributed by atoms with E-state index in [4.69, 9.17) is 4.42 Å². The van der Waals surface area contributed by atoms with Crippen molar-refractivity contribution in [2.75, 3.05) is 11.9 Å². The van der Waals surface area contributed by atoms with E-state index in [1.54, 1.807) is 42.6 Å². The maximum absolute atomic E-state index is 13.3. The Labute approximate surface area is 223 Å². The van der Waals surface area contributed by atoms with E-state index in [1.165, 1.54) is 22.5 Å². The number of nitrogens with zero attached hydrogens (tertiary/aromatic N) is 2. The number of benzene rings is 2. The number of aromatic nitrogens is 1. The van der Waals surface area contributed by atoms with Gasteiger partial charge in [0.1, 0.15) is 11.4 Å². The number of rotatable bonds is 9. The number of aryl methyl sites for hydroxylation is 1. The molecule has 1 aliphatic heterocycles. The Bertz CT molecular complexity index is 1550. The fourth-order valence-corrected chi connectivity index (χ4v) is 6.34. The number of nitrogens with one attached hydrogen (secondary N) is 1. The summed E-state index contributed by atoms with van der Waals surface area (Å²) in [6.45, 7) is 0.535. The molecule has 4 aromatic rings. The van der Waals surface area contributed by atoms with Gasteiger partial charge in [0.25, 0.3) is 10.0 Å². The second-order valence-electron chi connectivity index (χ2n) is 9.44. The molecule has 0 bridgehead atoms. The summed E-state index contributed by atoms with van der Waals surface area (Å²) < 4.78 is 71.7. The van der Waals surface area contributed by atoms with Crippen LogP contribution >= 0.6 is 0 Å². The van der Waals surface area contributed by atoms with E-state index in [0.29, 0.717) is 41.6 Å². The number of carbonyl (C=O) groups is 1. The number of para-hydroxylation sites is 1. The summed E-state index contributed by atoms with van der Waals surface area (Å²) in [5.41, 5.74) is 1.26. The molecular weight excluding hydrogens is 531 g/mol. The number of alkyl halides is 3. The van der Waals surface area contributed by atoms with E-state index in [-0.39, 0.29) is 30.4 Å². The lowest BCUT2D eigenvalue weighted by atomic mass is 10.0. The topological polar surface area (TPSA) is 92.5 Å². The molecular formula is C28H26F3N3O4S. The second-order valence-corrected chi connectivity index (χ2v) is 11.3. The molecule has 0 saturated carbocycles. The first-order valence-electron chi connectivity index (χ1n) is 12.5. The van der Waals surface area contributed by atoms with Gasteiger partial charge in [0.15, 0.2) is 5.78 Å². The molecule has 1 aliphatic rings. The van der Waals surface area contributed by atoms with Crippen LogP contribution in [0.25, 0.3) is 11.0 Å². The first kappa shape index (κ1) is 26.9. The number of hydrogen-bond donors (Lipinski definition) is 1. The molecule has 2 aromatic carbocycles. The highest BCUT2D eigenvalue weighted by Gasteiger charge is 2.40. The average molecular weight is 558 g/mol. The third-order valence-corrected chi connectivity index (χ3v) is 8.54. The molecule has 1 fully saturated rings. The molecule has 3 heterocycles. The van der Waals surface area contributed by atoms with E-state index in [9.17, 15) is 26.4 Å². The maximum Gasteiger partial charge on any atom is 0.416 e. The van der Waals surface area contributed by atoms with Gasteiger partial charge in [-0.1, -0.05) is 30.3 Å². The number of sulfonamides is 1. The second kappa shape index (κ2) is 10.8. The van der Waals surface area contributed by atoms with Crippen LogP contribution in [0, 0.1) is 0 Å². The summed E-state index contributed by atoms with van der Waals surface area (Å²) in [5, 5.41) is 3.60. The van der Waals surface area contributed by atoms with E-state index in [0.717, 1.165) is 17.7 Å². The Morgan fingerprint density at radius 3 is 2.56 bits per heavy atom. The monoisotopic (exact) mass is 557 g/mol. The van der Waals surface area contributed by atoms with Gasteiger partial charge in [-0.2, -0.15) is 17.5 Å². The Hall–Kier alpha value is -3.70. The zero-order valence-electron chi connectivity index (χ0n) is 20.8. The summed E-state index contributed by atoms with van der Waals surface area (Å²) >= 11 is 0. The van der Waals surface area contributed by atoms with Gasteiger partial charge >= 0.3 is 6.18 Å². The van der Waals surface area contributed by atoms with Crippen LogP contribution in [0.4, 0.5) is 19.0 Å². The third-order valence-electron chi connectivity index (χ3n) is 6.78. The van der Waals surface area contributed by atoms with Crippen LogP contribution in [0.1, 0.15) is 36.0 Å². The molecule has 1 atom stereocenters. The lowest BCUT2D eigenvalue weighted by molar-refractivity contribution is -0.137. The van der Waals surface area contributed by atoms with Gasteiger partial charge in [-0.25, -0.2) is 13.4 Å². The highest BCUT2D eigenvalue weighted by molar-refractivity contribution is 7.89. The Kier molecular flexibility index (Phi) is 7.46. The van der Waals surface area contributed by atoms with E-state index in [1.807, 2.05) is 0 Å². The lowest BCUT2D eigenvalue weighted by Crippen LogP contribution is -2.40. The summed E-state index contributed by atoms with van der Waals surface area (Å²) in [4.78, 5) is 17.4. The number of furan rings is 1. The van der Waals surface area contributed by atoms with E-state index < -0.39 is 27.8 Å². The van der Waals surface area contributed by atoms with Crippen molar-refractivity contribution in [1.29, 1.82) is 0 Å². The van der Waals surface area contributed by atoms with Gasteiger partial charge in [0, 0.05) is 37.2 Å². The predicted molar refractivity (Wildman–Crippen MR) is 139 cm³/mol. The van der Waals surface area contributed by atoms with Crippen LogP contribution in [0.5, 0.6) is 0 Å². The summed E-state index contributed by atoms with van der Waals surface area (Å²) in [6, 6.07) is 16.2. The van der Waals surface area contributed by atoms with Crippen molar-refractivity contribution in [3.63, 3.8) is 0 Å². The summed E-state index contributed by atoms with van der Waals surface area (Å²) in [5.74, 6) is 0.359. The molecule has 0 unspecified atom stereocenters. The van der Waals surface area contributed by atoms with Crippen molar-refractivity contribution in [3.05, 3.63) is 89.6 Å². The number of ketones is 1. The van der Waals surface area contributed by atoms with E-state index in [2.05, 4.69) is 10.3 Å². The van der Waals surface area contributed by atoms with Crippen molar-refractivity contribution in [2.45, 2.75) is 49.5 Å². The molecule has 0 radical (unpaired) electrons. The first-order chi connectivity index (χ1) is 18.6. The standard InChI is InChI=1S/C28H26F3N3O4S/c29-28(30,31)22-10-7-20(8-11-22)18-33-26-16-19(13-14-32-26)9-12-24(35)23-5-3-15-34(23)39(36,37)27-17-21-4-1-2-6-25(21)38-27/h1-2,4,6-8,10-11,13-14,16-17,23H,3,5,9,12,15,18H2,(H,32,33)/t23-/m0/s1. The highest BCUT2D eigenvalue weighted by atomic mass is 32.2. The van der Waals surface area contributed by atoms with Gasteiger partial charge in [-0.3, -0.25) is 4.79 Å². The first-order valence-corrected chi connectivity index (χ1v) is 13.9. The molecule has 39 heavy (non-hydrogen) atoms. The largest absolute Gasteiger partial charge is 0.443 e. The van der Waals surface area contributed by atoms with Crippen molar-refractivity contribution >= 4 is 32.6 Å². The summed E-state index contributed by atoms with van der Waals surface area (Å²) in [7, 11) is -3.97. The Morgan fingerprint density at radius 2 is 1.82 bits per heavy atom. The molecule has 204 valence electrons. The normalized spacial score (nSPS) is 16.5. The molecule has 0 aliphatic carbocycles. The van der Waals surface area contributed by atoms with Crippen molar-refractivity contribution in [2.24, 2.45) is 0 Å². The quantitative estimate of drug-likeness (QED) is 0.279. The Balaban J connectivity index is 1.20. The van der Waals surface area contributed by atoms with Gasteiger partial charge in [-0.05, 0) is 60.7 Å². The van der Waals surface area contributed by atoms with Gasteiger partial charge < -0.3 is 9.73 Å². The highest BCUT2D eigenvalue weighted by Crippen LogP contribution is 2.31. The van der Waals surface area contributed by atoms with Crippen molar-refractivity contribution in [3.8, 4) is 0 Å². The number of pyridine rings is 1. The van der Waals surface area contributed by atoms with Crippen LogP contribution in [0.2, 0.25) is 0 Å². The molecule has 1 N–H and O–H groups in total. The molecule has 0 amide bonds. The lowest BCUT2D eigenvalue weighted by Gasteiger charge is -2.21. The van der Waals surface area contributed by atoms with Gasteiger partial charge in [0.05, 0.1) is 11.6 Å². The minimum Gasteiger partial charge on any atom is -0.443 e. The average Bonchev–Trinajstić information content (AvgIpc) is 3.59. The van der Waals surface area contributed by atoms with Crippen molar-refractivity contribution < 1.29 is 30.8 Å². The number of anilines is 1. The minimum atomic E-state index is -4.38. The predicted octanol–water partition coefficient (Wildman–Crippen LogP) is 5.81. The van der Waals surface area contributed by atoms with Crippen molar-refractivity contribution in [1.82, 2.24) is 9.29 Å². The molecule has 2 aromatic heterocycles. The zero-order chi connectivity index (χ0) is 27.6. The van der Waals surface area contributed by atoms with Crippen LogP contribution in [0.3, 0.4) is 0 Å². The SMILES string of the molecule is O=C(CCc1ccnc(NCc2ccc(C(F)(F)F)cc2)c1)[C@@H]1CCCN1S(=O)(=O)c1cc2ccccc2o1. The van der Waals surface area contributed by atoms with E-state index >= 15 is 0 Å². The maximum atomic E-state index is 13.3. The Morgan fingerprint density at radius 1 is 1.05 bits per heavy atom. The number of carbonyl (C=O) groups excluding carboxylic acids is 1. The number of fused-ring (bicyclic) bond motifs is 1. The van der Waals surface area contributed by atoms with Gasteiger partial charge in [-0.15, -0.1) is 0 Å². The molecule has 7 nitrogen and oxygen atoms in total. The molecule has 0 spiro atoms. The molecule has 5 rings (SSSR count). The third kappa shape index (κ3) is 5.99. The van der Waals surface area contributed by atoms with Crippen LogP contribution in [-0.4, -0.2) is 36.1 Å². The summed E-state index contributed by atoms with van der Waals surface area (Å²) in [6.07, 6.45) is -1.21. The van der Waals surface area contributed by atoms with Gasteiger partial charge in [0.2, 0.25) is 5.09 Å². The van der Waals surface area contributed by atoms with Crippen LogP contribution in [-0.2, 0) is 34.0 Å².